The van der Waals surface area contributed by atoms with Crippen molar-refractivity contribution >= 4 is 17.0 Å². The molecule has 0 aliphatic carbocycles. The van der Waals surface area contributed by atoms with Gasteiger partial charge in [-0.1, -0.05) is 32.0 Å². The highest BCUT2D eigenvalue weighted by atomic mass is 32.1. The number of piperazine rings is 1. The topological polar surface area (TPSA) is 50.1 Å². The van der Waals surface area contributed by atoms with E-state index in [1.54, 1.807) is 11.3 Å². The monoisotopic (exact) mass is 410 g/mol. The van der Waals surface area contributed by atoms with Crippen LogP contribution >= 0.6 is 11.3 Å². The minimum atomic E-state index is 0.228. The zero-order valence-corrected chi connectivity index (χ0v) is 18.6. The van der Waals surface area contributed by atoms with E-state index in [9.17, 15) is 0 Å². The van der Waals surface area contributed by atoms with Gasteiger partial charge in [0.2, 0.25) is 0 Å². The van der Waals surface area contributed by atoms with Crippen LogP contribution in [0.2, 0.25) is 0 Å². The quantitative estimate of drug-likeness (QED) is 0.616. The smallest absolute Gasteiger partial charge is 0.169 e. The summed E-state index contributed by atoms with van der Waals surface area (Å²) in [5, 5.41) is 14.9. The second-order valence-electron chi connectivity index (χ2n) is 8.28. The SMILES string of the molecule is Cc1ccc(C)c(N2CCN(C(c3nnnn3Cc3cccs3)C(C)C)CC2)c1. The lowest BCUT2D eigenvalue weighted by Gasteiger charge is -2.41. The summed E-state index contributed by atoms with van der Waals surface area (Å²) in [6.45, 7) is 13.7. The fourth-order valence-electron chi connectivity index (χ4n) is 4.27. The molecule has 3 heterocycles. The van der Waals surface area contributed by atoms with Crippen molar-refractivity contribution < 1.29 is 0 Å². The van der Waals surface area contributed by atoms with E-state index in [1.807, 2.05) is 4.68 Å². The van der Waals surface area contributed by atoms with Crippen LogP contribution in [-0.4, -0.2) is 51.3 Å². The highest BCUT2D eigenvalue weighted by Gasteiger charge is 2.31. The Morgan fingerprint density at radius 3 is 2.55 bits per heavy atom. The van der Waals surface area contributed by atoms with Gasteiger partial charge in [0.1, 0.15) is 0 Å². The van der Waals surface area contributed by atoms with E-state index in [2.05, 4.69) is 88.7 Å². The van der Waals surface area contributed by atoms with Crippen molar-refractivity contribution in [2.75, 3.05) is 31.1 Å². The molecule has 3 aromatic rings. The lowest BCUT2D eigenvalue weighted by molar-refractivity contribution is 0.135. The predicted molar refractivity (Wildman–Crippen MR) is 119 cm³/mol. The fraction of sp³-hybridized carbons (Fsp3) is 0.500. The molecule has 1 fully saturated rings. The molecule has 1 aliphatic rings. The molecule has 1 saturated heterocycles. The normalized spacial score (nSPS) is 16.5. The number of tetrazole rings is 1. The number of anilines is 1. The average molecular weight is 411 g/mol. The molecule has 1 atom stereocenters. The summed E-state index contributed by atoms with van der Waals surface area (Å²) in [6.07, 6.45) is 0. The second-order valence-corrected chi connectivity index (χ2v) is 9.31. The average Bonchev–Trinajstić information content (AvgIpc) is 3.37. The molecule has 2 aromatic heterocycles. The van der Waals surface area contributed by atoms with Crippen molar-refractivity contribution in [3.8, 4) is 0 Å². The molecular weight excluding hydrogens is 380 g/mol. The molecule has 1 aliphatic heterocycles. The Kier molecular flexibility index (Phi) is 5.96. The summed E-state index contributed by atoms with van der Waals surface area (Å²) in [5.74, 6) is 1.42. The minimum absolute atomic E-state index is 0.228. The molecule has 1 aromatic carbocycles. The highest BCUT2D eigenvalue weighted by molar-refractivity contribution is 7.09. The molecule has 4 rings (SSSR count). The van der Waals surface area contributed by atoms with Crippen LogP contribution in [0, 0.1) is 19.8 Å². The molecular formula is C22H30N6S. The molecule has 0 saturated carbocycles. The molecule has 29 heavy (non-hydrogen) atoms. The van der Waals surface area contributed by atoms with Crippen molar-refractivity contribution in [2.24, 2.45) is 5.92 Å². The fourth-order valence-corrected chi connectivity index (χ4v) is 4.96. The van der Waals surface area contributed by atoms with Gasteiger partial charge in [-0.15, -0.1) is 16.4 Å². The first kappa shape index (κ1) is 20.0. The largest absolute Gasteiger partial charge is 0.369 e. The van der Waals surface area contributed by atoms with Crippen molar-refractivity contribution in [3.63, 3.8) is 0 Å². The van der Waals surface area contributed by atoms with Gasteiger partial charge in [0.05, 0.1) is 12.6 Å². The maximum Gasteiger partial charge on any atom is 0.169 e. The van der Waals surface area contributed by atoms with Crippen LogP contribution in [0.1, 0.15) is 41.7 Å². The van der Waals surface area contributed by atoms with Crippen LogP contribution in [0.4, 0.5) is 5.69 Å². The molecule has 154 valence electrons. The summed E-state index contributed by atoms with van der Waals surface area (Å²) in [5.41, 5.74) is 4.04. The highest BCUT2D eigenvalue weighted by Crippen LogP contribution is 2.30. The van der Waals surface area contributed by atoms with E-state index in [0.29, 0.717) is 5.92 Å². The van der Waals surface area contributed by atoms with E-state index in [4.69, 9.17) is 0 Å². The Morgan fingerprint density at radius 2 is 1.86 bits per heavy atom. The molecule has 7 heteroatoms. The zero-order chi connectivity index (χ0) is 20.4. The summed E-state index contributed by atoms with van der Waals surface area (Å²) in [6, 6.07) is 11.2. The van der Waals surface area contributed by atoms with Gasteiger partial charge in [0.15, 0.2) is 5.82 Å². The Labute approximate surface area is 177 Å². The van der Waals surface area contributed by atoms with E-state index >= 15 is 0 Å². The molecule has 0 bridgehead atoms. The van der Waals surface area contributed by atoms with E-state index in [-0.39, 0.29) is 6.04 Å². The van der Waals surface area contributed by atoms with Gasteiger partial charge in [-0.2, -0.15) is 0 Å². The Hall–Kier alpha value is -2.25. The van der Waals surface area contributed by atoms with Crippen molar-refractivity contribution in [3.05, 3.63) is 57.5 Å². The lowest BCUT2D eigenvalue weighted by Crippen LogP contribution is -2.49. The number of benzene rings is 1. The third kappa shape index (κ3) is 4.36. The minimum Gasteiger partial charge on any atom is -0.369 e. The molecule has 1 unspecified atom stereocenters. The Balaban J connectivity index is 1.50. The van der Waals surface area contributed by atoms with Crippen LogP contribution < -0.4 is 4.90 Å². The molecule has 0 radical (unpaired) electrons. The summed E-state index contributed by atoms with van der Waals surface area (Å²) in [4.78, 5) is 6.36. The third-order valence-corrected chi connectivity index (χ3v) is 6.62. The summed E-state index contributed by atoms with van der Waals surface area (Å²) >= 11 is 1.75. The summed E-state index contributed by atoms with van der Waals surface area (Å²) in [7, 11) is 0. The van der Waals surface area contributed by atoms with Gasteiger partial charge in [-0.3, -0.25) is 4.90 Å². The number of nitrogens with zero attached hydrogens (tertiary/aromatic N) is 6. The number of thiophene rings is 1. The van der Waals surface area contributed by atoms with Crippen LogP contribution in [0.15, 0.2) is 35.7 Å². The maximum atomic E-state index is 4.45. The van der Waals surface area contributed by atoms with Gasteiger partial charge < -0.3 is 4.90 Å². The van der Waals surface area contributed by atoms with Crippen molar-refractivity contribution in [2.45, 2.75) is 40.3 Å². The summed E-state index contributed by atoms with van der Waals surface area (Å²) < 4.78 is 1.98. The standard InChI is InChI=1S/C22H30N6S/c1-16(2)21(22-23-24-25-28(22)15-19-6-5-13-29-19)27-11-9-26(10-12-27)20-14-17(3)7-8-18(20)4/h5-8,13-14,16,21H,9-12,15H2,1-4H3. The first-order valence-electron chi connectivity index (χ1n) is 10.4. The number of hydrogen-bond acceptors (Lipinski definition) is 6. The van der Waals surface area contributed by atoms with Crippen LogP contribution in [0.5, 0.6) is 0 Å². The first-order valence-corrected chi connectivity index (χ1v) is 11.3. The van der Waals surface area contributed by atoms with E-state index in [1.165, 1.54) is 21.7 Å². The lowest BCUT2D eigenvalue weighted by atomic mass is 10.00. The number of aryl methyl sites for hydroxylation is 2. The van der Waals surface area contributed by atoms with Crippen molar-refractivity contribution in [1.29, 1.82) is 0 Å². The molecule has 0 amide bonds. The second kappa shape index (κ2) is 8.63. The van der Waals surface area contributed by atoms with E-state index in [0.717, 1.165) is 38.5 Å². The van der Waals surface area contributed by atoms with Gasteiger partial charge in [-0.05, 0) is 58.8 Å². The molecule has 6 nitrogen and oxygen atoms in total. The number of hydrogen-bond donors (Lipinski definition) is 0. The van der Waals surface area contributed by atoms with Crippen molar-refractivity contribution in [1.82, 2.24) is 25.1 Å². The Bertz CT molecular complexity index is 925. The van der Waals surface area contributed by atoms with Gasteiger partial charge in [0.25, 0.3) is 0 Å². The van der Waals surface area contributed by atoms with E-state index < -0.39 is 0 Å². The molecule has 0 spiro atoms. The van der Waals surface area contributed by atoms with Crippen LogP contribution in [0.3, 0.4) is 0 Å². The van der Waals surface area contributed by atoms with Gasteiger partial charge in [-0.25, -0.2) is 4.68 Å². The predicted octanol–water partition coefficient (Wildman–Crippen LogP) is 3.92. The van der Waals surface area contributed by atoms with Crippen LogP contribution in [-0.2, 0) is 6.54 Å². The third-order valence-electron chi connectivity index (χ3n) is 5.75. The zero-order valence-electron chi connectivity index (χ0n) is 17.7. The van der Waals surface area contributed by atoms with Gasteiger partial charge in [0, 0.05) is 36.7 Å². The van der Waals surface area contributed by atoms with Gasteiger partial charge >= 0.3 is 0 Å². The Morgan fingerprint density at radius 1 is 1.07 bits per heavy atom. The van der Waals surface area contributed by atoms with Crippen LogP contribution in [0.25, 0.3) is 0 Å². The number of rotatable bonds is 6. The number of aromatic nitrogens is 4. The first-order chi connectivity index (χ1) is 14.0. The molecule has 0 N–H and O–H groups in total. The maximum absolute atomic E-state index is 4.45.